The molecule has 0 spiro atoms. The van der Waals surface area contributed by atoms with Crippen LogP contribution in [0.15, 0.2) is 42.6 Å². The van der Waals surface area contributed by atoms with Crippen LogP contribution in [0.1, 0.15) is 5.69 Å². The number of methoxy groups -OCH3 is 1. The van der Waals surface area contributed by atoms with Gasteiger partial charge in [-0.05, 0) is 18.2 Å². The topological polar surface area (TPSA) is 36.3 Å². The maximum atomic E-state index is 5.59. The molecule has 1 unspecified atom stereocenters. The number of para-hydroxylation sites is 1. The average Bonchev–Trinajstić information content (AvgIpc) is 2.93. The Kier molecular flexibility index (Phi) is 5.57. The van der Waals surface area contributed by atoms with Gasteiger partial charge in [0.2, 0.25) is 0 Å². The van der Waals surface area contributed by atoms with Gasteiger partial charge in [0.15, 0.2) is 6.29 Å². The molecule has 0 aliphatic heterocycles. The maximum absolute atomic E-state index is 5.59. The standard InChI is InChI=1S/C14H17BrN2O2/c1-18-14(11-15)19-10-8-13-7-9-16-17(13)12-5-3-2-4-6-12/h2-7,9,14H,8,10-11H2,1H3. The second-order valence-electron chi connectivity index (χ2n) is 4.01. The quantitative estimate of drug-likeness (QED) is 0.580. The SMILES string of the molecule is COC(CBr)OCCc1ccnn1-c1ccccc1. The first-order valence-electron chi connectivity index (χ1n) is 6.14. The summed E-state index contributed by atoms with van der Waals surface area (Å²) in [7, 11) is 1.64. The molecule has 2 aromatic rings. The van der Waals surface area contributed by atoms with E-state index in [1.165, 1.54) is 0 Å². The predicted octanol–water partition coefficient (Wildman–Crippen LogP) is 2.80. The van der Waals surface area contributed by atoms with Crippen molar-refractivity contribution in [2.45, 2.75) is 12.7 Å². The van der Waals surface area contributed by atoms with E-state index in [-0.39, 0.29) is 6.29 Å². The van der Waals surface area contributed by atoms with Crippen molar-refractivity contribution < 1.29 is 9.47 Å². The third-order valence-corrected chi connectivity index (χ3v) is 3.30. The molecule has 0 saturated heterocycles. The Hall–Kier alpha value is -1.17. The minimum absolute atomic E-state index is 0.201. The van der Waals surface area contributed by atoms with Gasteiger partial charge in [-0.1, -0.05) is 34.1 Å². The van der Waals surface area contributed by atoms with Crippen molar-refractivity contribution in [3.63, 3.8) is 0 Å². The van der Waals surface area contributed by atoms with E-state index in [4.69, 9.17) is 9.47 Å². The Bertz CT molecular complexity index is 483. The van der Waals surface area contributed by atoms with E-state index >= 15 is 0 Å². The van der Waals surface area contributed by atoms with E-state index in [0.717, 1.165) is 17.8 Å². The molecule has 0 saturated carbocycles. The molecule has 19 heavy (non-hydrogen) atoms. The summed E-state index contributed by atoms with van der Waals surface area (Å²) in [5, 5.41) is 5.01. The van der Waals surface area contributed by atoms with Gasteiger partial charge >= 0.3 is 0 Å². The molecule has 0 aliphatic rings. The van der Waals surface area contributed by atoms with Crippen LogP contribution < -0.4 is 0 Å². The number of hydrogen-bond acceptors (Lipinski definition) is 3. The number of benzene rings is 1. The fraction of sp³-hybridized carbons (Fsp3) is 0.357. The summed E-state index contributed by atoms with van der Waals surface area (Å²) in [4.78, 5) is 0. The zero-order valence-corrected chi connectivity index (χ0v) is 12.4. The summed E-state index contributed by atoms with van der Waals surface area (Å²) >= 11 is 3.34. The number of hydrogen-bond donors (Lipinski definition) is 0. The van der Waals surface area contributed by atoms with E-state index < -0.39 is 0 Å². The summed E-state index contributed by atoms with van der Waals surface area (Å²) < 4.78 is 12.7. The zero-order valence-electron chi connectivity index (χ0n) is 10.8. The van der Waals surface area contributed by atoms with Crippen molar-refractivity contribution in [1.29, 1.82) is 0 Å². The second kappa shape index (κ2) is 7.43. The highest BCUT2D eigenvalue weighted by Gasteiger charge is 2.07. The lowest BCUT2D eigenvalue weighted by Gasteiger charge is -2.13. The van der Waals surface area contributed by atoms with Crippen molar-refractivity contribution in [2.24, 2.45) is 0 Å². The highest BCUT2D eigenvalue weighted by Crippen LogP contribution is 2.11. The van der Waals surface area contributed by atoms with Crippen LogP contribution in [-0.4, -0.2) is 35.1 Å². The normalized spacial score (nSPS) is 12.5. The lowest BCUT2D eigenvalue weighted by Crippen LogP contribution is -2.18. The van der Waals surface area contributed by atoms with Crippen LogP contribution in [0.3, 0.4) is 0 Å². The van der Waals surface area contributed by atoms with Crippen LogP contribution in [0.4, 0.5) is 0 Å². The highest BCUT2D eigenvalue weighted by atomic mass is 79.9. The predicted molar refractivity (Wildman–Crippen MR) is 77.8 cm³/mol. The number of nitrogens with zero attached hydrogens (tertiary/aromatic N) is 2. The zero-order chi connectivity index (χ0) is 13.5. The minimum atomic E-state index is -0.201. The van der Waals surface area contributed by atoms with Crippen LogP contribution in [0, 0.1) is 0 Å². The van der Waals surface area contributed by atoms with Gasteiger partial charge in [-0.25, -0.2) is 4.68 Å². The molecule has 0 radical (unpaired) electrons. The first kappa shape index (κ1) is 14.2. The fourth-order valence-corrected chi connectivity index (χ4v) is 2.24. The molecule has 0 aliphatic carbocycles. The monoisotopic (exact) mass is 324 g/mol. The van der Waals surface area contributed by atoms with E-state index in [1.54, 1.807) is 13.3 Å². The van der Waals surface area contributed by atoms with E-state index in [0.29, 0.717) is 11.9 Å². The number of ether oxygens (including phenoxy) is 2. The van der Waals surface area contributed by atoms with Crippen LogP contribution in [0.25, 0.3) is 5.69 Å². The molecular weight excluding hydrogens is 308 g/mol. The van der Waals surface area contributed by atoms with Crippen LogP contribution >= 0.6 is 15.9 Å². The smallest absolute Gasteiger partial charge is 0.166 e. The lowest BCUT2D eigenvalue weighted by molar-refractivity contribution is -0.105. The summed E-state index contributed by atoms with van der Waals surface area (Å²) in [6.07, 6.45) is 2.40. The molecule has 0 bridgehead atoms. The van der Waals surface area contributed by atoms with E-state index in [9.17, 15) is 0 Å². The van der Waals surface area contributed by atoms with Gasteiger partial charge in [-0.15, -0.1) is 0 Å². The Balaban J connectivity index is 1.97. The van der Waals surface area contributed by atoms with Gasteiger partial charge in [-0.2, -0.15) is 5.10 Å². The molecular formula is C14H17BrN2O2. The number of alkyl halides is 1. The van der Waals surface area contributed by atoms with Crippen molar-refractivity contribution >= 4 is 15.9 Å². The summed E-state index contributed by atoms with van der Waals surface area (Å²) in [5.41, 5.74) is 2.18. The second-order valence-corrected chi connectivity index (χ2v) is 4.66. The Morgan fingerprint density at radius 1 is 1.26 bits per heavy atom. The van der Waals surface area contributed by atoms with Gasteiger partial charge < -0.3 is 9.47 Å². The Morgan fingerprint density at radius 2 is 2.05 bits per heavy atom. The van der Waals surface area contributed by atoms with E-state index in [1.807, 2.05) is 41.1 Å². The summed E-state index contributed by atoms with van der Waals surface area (Å²) in [6, 6.07) is 12.1. The third kappa shape index (κ3) is 3.89. The van der Waals surface area contributed by atoms with Crippen LogP contribution in [0.5, 0.6) is 0 Å². The number of rotatable bonds is 7. The van der Waals surface area contributed by atoms with Crippen LogP contribution in [-0.2, 0) is 15.9 Å². The molecule has 0 amide bonds. The van der Waals surface area contributed by atoms with Gasteiger partial charge in [-0.3, -0.25) is 0 Å². The molecule has 4 nitrogen and oxygen atoms in total. The maximum Gasteiger partial charge on any atom is 0.166 e. The minimum Gasteiger partial charge on any atom is -0.355 e. The van der Waals surface area contributed by atoms with Gasteiger partial charge in [0.1, 0.15) is 0 Å². The molecule has 1 aromatic carbocycles. The van der Waals surface area contributed by atoms with Gasteiger partial charge in [0, 0.05) is 25.4 Å². The molecule has 0 fully saturated rings. The molecule has 5 heteroatoms. The molecule has 102 valence electrons. The van der Waals surface area contributed by atoms with Crippen molar-refractivity contribution in [3.8, 4) is 5.69 Å². The summed E-state index contributed by atoms with van der Waals surface area (Å²) in [5.74, 6) is 0. The third-order valence-electron chi connectivity index (χ3n) is 2.77. The van der Waals surface area contributed by atoms with E-state index in [2.05, 4.69) is 21.0 Å². The summed E-state index contributed by atoms with van der Waals surface area (Å²) in [6.45, 7) is 0.600. The molecule has 1 heterocycles. The number of aromatic nitrogens is 2. The Morgan fingerprint density at radius 3 is 2.74 bits per heavy atom. The Labute approximate surface area is 121 Å². The van der Waals surface area contributed by atoms with Crippen molar-refractivity contribution in [1.82, 2.24) is 9.78 Å². The number of halogens is 1. The van der Waals surface area contributed by atoms with Gasteiger partial charge in [0.05, 0.1) is 17.6 Å². The largest absolute Gasteiger partial charge is 0.355 e. The fourth-order valence-electron chi connectivity index (χ4n) is 1.79. The van der Waals surface area contributed by atoms with Crippen molar-refractivity contribution in [3.05, 3.63) is 48.3 Å². The highest BCUT2D eigenvalue weighted by molar-refractivity contribution is 9.09. The first-order valence-corrected chi connectivity index (χ1v) is 7.26. The average molecular weight is 325 g/mol. The van der Waals surface area contributed by atoms with Crippen molar-refractivity contribution in [2.75, 3.05) is 19.0 Å². The molecule has 2 rings (SSSR count). The van der Waals surface area contributed by atoms with Gasteiger partial charge in [0.25, 0.3) is 0 Å². The lowest BCUT2D eigenvalue weighted by atomic mass is 10.3. The molecule has 1 aromatic heterocycles. The first-order chi connectivity index (χ1) is 9.35. The molecule has 1 atom stereocenters. The molecule has 0 N–H and O–H groups in total. The van der Waals surface area contributed by atoms with Crippen LogP contribution in [0.2, 0.25) is 0 Å².